The fourth-order valence-electron chi connectivity index (χ4n) is 4.74. The summed E-state index contributed by atoms with van der Waals surface area (Å²) in [6, 6.07) is 26.7. The van der Waals surface area contributed by atoms with E-state index in [4.69, 9.17) is 9.47 Å². The molecule has 0 saturated heterocycles. The predicted octanol–water partition coefficient (Wildman–Crippen LogP) is 6.56. The van der Waals surface area contributed by atoms with E-state index in [9.17, 15) is 9.59 Å². The number of para-hydroxylation sites is 2. The average molecular weight is 568 g/mol. The van der Waals surface area contributed by atoms with E-state index in [1.807, 2.05) is 54.6 Å². The molecule has 1 heterocycles. The van der Waals surface area contributed by atoms with Crippen molar-refractivity contribution in [3.63, 3.8) is 0 Å². The Bertz CT molecular complexity index is 1750. The molecule has 0 spiro atoms. The molecule has 0 aliphatic rings. The van der Waals surface area contributed by atoms with E-state index in [0.29, 0.717) is 39.1 Å². The van der Waals surface area contributed by atoms with Gasteiger partial charge in [0.25, 0.3) is 5.91 Å². The highest BCUT2D eigenvalue weighted by atomic mass is 32.2. The van der Waals surface area contributed by atoms with Crippen LogP contribution in [0.5, 0.6) is 11.5 Å². The molecule has 0 bridgehead atoms. The number of ether oxygens (including phenoxy) is 2. The molecular formula is C33H33N3O4S. The summed E-state index contributed by atoms with van der Waals surface area (Å²) in [6.07, 6.45) is 0. The number of methoxy groups -OCH3 is 2. The summed E-state index contributed by atoms with van der Waals surface area (Å²) in [5.41, 5.74) is 3.43. The molecule has 1 unspecified atom stereocenters. The minimum absolute atomic E-state index is 0.0889. The van der Waals surface area contributed by atoms with Gasteiger partial charge in [-0.2, -0.15) is 0 Å². The number of amides is 1. The van der Waals surface area contributed by atoms with Crippen molar-refractivity contribution in [3.05, 3.63) is 106 Å². The lowest BCUT2D eigenvalue weighted by Gasteiger charge is -2.25. The number of carbonyl (C=O) groups excluding carboxylic acids is 1. The predicted molar refractivity (Wildman–Crippen MR) is 168 cm³/mol. The van der Waals surface area contributed by atoms with Crippen molar-refractivity contribution in [1.29, 1.82) is 0 Å². The van der Waals surface area contributed by atoms with Crippen molar-refractivity contribution in [2.45, 2.75) is 24.4 Å². The number of aromatic nitrogens is 1. The summed E-state index contributed by atoms with van der Waals surface area (Å²) >= 11 is 1.77. The van der Waals surface area contributed by atoms with Gasteiger partial charge in [0.15, 0.2) is 16.9 Å². The Balaban J connectivity index is 1.21. The molecule has 0 radical (unpaired) electrons. The number of rotatable bonds is 10. The first-order valence-corrected chi connectivity index (χ1v) is 14.4. The molecule has 1 aromatic heterocycles. The van der Waals surface area contributed by atoms with Crippen LogP contribution in [0.1, 0.15) is 22.8 Å². The molecule has 0 aliphatic heterocycles. The van der Waals surface area contributed by atoms with E-state index >= 15 is 0 Å². The molecule has 5 rings (SSSR count). The fourth-order valence-corrected chi connectivity index (χ4v) is 5.75. The number of carbonyl (C=O) groups is 1. The number of H-pyrrole nitrogens is 1. The van der Waals surface area contributed by atoms with E-state index in [0.717, 1.165) is 34.3 Å². The van der Waals surface area contributed by atoms with Crippen LogP contribution in [-0.4, -0.2) is 48.9 Å². The number of nitrogens with one attached hydrogen (secondary N) is 2. The molecular weight excluding hydrogens is 534 g/mol. The number of nitrogens with zero attached hydrogens (tertiary/aromatic N) is 1. The molecule has 7 nitrogen and oxygen atoms in total. The smallest absolute Gasteiger partial charge is 0.257 e. The van der Waals surface area contributed by atoms with Crippen LogP contribution in [0.4, 0.5) is 5.69 Å². The van der Waals surface area contributed by atoms with E-state index in [1.54, 1.807) is 50.2 Å². The standard InChI is InChI=1S/C33H33N3O4S/c1-21(36(2)19-22-12-17-29(39-3)30(18-22)40-4)20-41-24-15-13-23(14-16-24)34-33(38)27-10-7-9-26-31(27)35-28-11-6-5-8-25(28)32(26)37/h5-18,21H,19-20H2,1-4H3,(H,34,38)(H,35,37). The lowest BCUT2D eigenvalue weighted by Crippen LogP contribution is -2.30. The quantitative estimate of drug-likeness (QED) is 0.147. The maximum atomic E-state index is 13.2. The average Bonchev–Trinajstić information content (AvgIpc) is 3.00. The molecule has 210 valence electrons. The van der Waals surface area contributed by atoms with Gasteiger partial charge < -0.3 is 19.8 Å². The van der Waals surface area contributed by atoms with Gasteiger partial charge in [-0.3, -0.25) is 14.5 Å². The van der Waals surface area contributed by atoms with Crippen LogP contribution in [0.2, 0.25) is 0 Å². The Morgan fingerprint density at radius 1 is 0.927 bits per heavy atom. The largest absolute Gasteiger partial charge is 0.493 e. The summed E-state index contributed by atoms with van der Waals surface area (Å²) in [5, 5.41) is 4.07. The molecule has 0 aliphatic carbocycles. The molecule has 41 heavy (non-hydrogen) atoms. The highest BCUT2D eigenvalue weighted by molar-refractivity contribution is 7.99. The summed E-state index contributed by atoms with van der Waals surface area (Å²) < 4.78 is 10.8. The van der Waals surface area contributed by atoms with Gasteiger partial charge in [-0.25, -0.2) is 0 Å². The summed E-state index contributed by atoms with van der Waals surface area (Å²) in [7, 11) is 5.40. The third-order valence-corrected chi connectivity index (χ3v) is 8.48. The third kappa shape index (κ3) is 6.24. The SMILES string of the molecule is COc1ccc(CN(C)C(C)CSc2ccc(NC(=O)c3cccc4c(=O)c5ccccc5[nH]c34)cc2)cc1OC. The lowest BCUT2D eigenvalue weighted by molar-refractivity contribution is 0.102. The Kier molecular flexibility index (Phi) is 8.61. The van der Waals surface area contributed by atoms with Crippen molar-refractivity contribution in [2.75, 3.05) is 32.3 Å². The van der Waals surface area contributed by atoms with Crippen LogP contribution >= 0.6 is 11.8 Å². The number of hydrogen-bond acceptors (Lipinski definition) is 6. The fraction of sp³-hybridized carbons (Fsp3) is 0.212. The van der Waals surface area contributed by atoms with Crippen LogP contribution in [0, 0.1) is 0 Å². The number of hydrogen-bond donors (Lipinski definition) is 2. The van der Waals surface area contributed by atoms with Crippen molar-refractivity contribution >= 4 is 45.2 Å². The van der Waals surface area contributed by atoms with E-state index in [2.05, 4.69) is 35.2 Å². The lowest BCUT2D eigenvalue weighted by atomic mass is 10.1. The normalized spacial score (nSPS) is 12.0. The number of aromatic amines is 1. The van der Waals surface area contributed by atoms with Crippen LogP contribution in [-0.2, 0) is 6.54 Å². The summed E-state index contributed by atoms with van der Waals surface area (Å²) in [5.74, 6) is 2.09. The number of thioether (sulfide) groups is 1. The summed E-state index contributed by atoms with van der Waals surface area (Å²) in [4.78, 5) is 32.9. The number of fused-ring (bicyclic) bond motifs is 2. The molecule has 1 amide bonds. The minimum atomic E-state index is -0.271. The second kappa shape index (κ2) is 12.5. The van der Waals surface area contributed by atoms with Gasteiger partial charge in [0.1, 0.15) is 0 Å². The highest BCUT2D eigenvalue weighted by Crippen LogP contribution is 2.29. The Morgan fingerprint density at radius 3 is 2.41 bits per heavy atom. The summed E-state index contributed by atoms with van der Waals surface area (Å²) in [6.45, 7) is 3.00. The topological polar surface area (TPSA) is 83.7 Å². The Hall–Kier alpha value is -4.27. The number of pyridine rings is 1. The van der Waals surface area contributed by atoms with E-state index in [-0.39, 0.29) is 11.3 Å². The van der Waals surface area contributed by atoms with Gasteiger partial charge in [0.2, 0.25) is 0 Å². The second-order valence-electron chi connectivity index (χ2n) is 9.97. The monoisotopic (exact) mass is 567 g/mol. The zero-order valence-electron chi connectivity index (χ0n) is 23.6. The highest BCUT2D eigenvalue weighted by Gasteiger charge is 2.15. The zero-order valence-corrected chi connectivity index (χ0v) is 24.4. The van der Waals surface area contributed by atoms with Gasteiger partial charge in [0, 0.05) is 45.2 Å². The maximum Gasteiger partial charge on any atom is 0.257 e. The van der Waals surface area contributed by atoms with Gasteiger partial charge in [-0.05, 0) is 80.2 Å². The number of benzene rings is 4. The van der Waals surface area contributed by atoms with Gasteiger partial charge in [-0.1, -0.05) is 24.3 Å². The zero-order chi connectivity index (χ0) is 28.9. The van der Waals surface area contributed by atoms with Crippen LogP contribution in [0.25, 0.3) is 21.8 Å². The van der Waals surface area contributed by atoms with Crippen molar-refractivity contribution in [3.8, 4) is 11.5 Å². The van der Waals surface area contributed by atoms with Crippen molar-refractivity contribution in [2.24, 2.45) is 0 Å². The van der Waals surface area contributed by atoms with E-state index < -0.39 is 0 Å². The molecule has 0 fully saturated rings. The van der Waals surface area contributed by atoms with Gasteiger partial charge >= 0.3 is 0 Å². The molecule has 0 saturated carbocycles. The minimum Gasteiger partial charge on any atom is -0.493 e. The first-order valence-electron chi connectivity index (χ1n) is 13.4. The van der Waals surface area contributed by atoms with E-state index in [1.165, 1.54) is 0 Å². The maximum absolute atomic E-state index is 13.2. The van der Waals surface area contributed by atoms with Crippen molar-refractivity contribution in [1.82, 2.24) is 9.88 Å². The van der Waals surface area contributed by atoms with Crippen LogP contribution < -0.4 is 20.2 Å². The number of anilines is 1. The first kappa shape index (κ1) is 28.3. The Labute approximate surface area is 243 Å². The first-order chi connectivity index (χ1) is 19.9. The molecule has 5 aromatic rings. The van der Waals surface area contributed by atoms with Gasteiger partial charge in [0.05, 0.1) is 25.3 Å². The van der Waals surface area contributed by atoms with Crippen LogP contribution in [0.3, 0.4) is 0 Å². The molecule has 4 aromatic carbocycles. The van der Waals surface area contributed by atoms with Crippen LogP contribution in [0.15, 0.2) is 94.6 Å². The molecule has 1 atom stereocenters. The molecule has 2 N–H and O–H groups in total. The second-order valence-corrected chi connectivity index (χ2v) is 11.1. The van der Waals surface area contributed by atoms with Crippen molar-refractivity contribution < 1.29 is 14.3 Å². The molecule has 8 heteroatoms. The third-order valence-electron chi connectivity index (χ3n) is 7.22. The Morgan fingerprint density at radius 2 is 1.66 bits per heavy atom. The van der Waals surface area contributed by atoms with Gasteiger partial charge in [-0.15, -0.1) is 11.8 Å².